The van der Waals surface area contributed by atoms with Gasteiger partial charge in [0.25, 0.3) is 0 Å². The van der Waals surface area contributed by atoms with Crippen LogP contribution in [0.1, 0.15) is 11.4 Å². The molecule has 0 saturated carbocycles. The van der Waals surface area contributed by atoms with Gasteiger partial charge in [0.15, 0.2) is 17.5 Å². The molecule has 2 aromatic heterocycles. The summed E-state index contributed by atoms with van der Waals surface area (Å²) in [5.41, 5.74) is 6.78. The average molecular weight is 374 g/mol. The zero-order valence-corrected chi connectivity index (χ0v) is 14.0. The van der Waals surface area contributed by atoms with Crippen LogP contribution in [0.5, 0.6) is 5.75 Å². The van der Waals surface area contributed by atoms with Gasteiger partial charge in [-0.15, -0.1) is 15.3 Å². The molecule has 0 aliphatic rings. The van der Waals surface area contributed by atoms with Crippen LogP contribution in [0.15, 0.2) is 36.4 Å². The molecule has 2 aromatic carbocycles. The third-order valence-electron chi connectivity index (χ3n) is 3.70. The van der Waals surface area contributed by atoms with Gasteiger partial charge in [-0.2, -0.15) is 4.52 Å². The Labute approximate surface area is 149 Å². The Hall–Kier alpha value is -3.27. The summed E-state index contributed by atoms with van der Waals surface area (Å²) in [7, 11) is 0. The summed E-state index contributed by atoms with van der Waals surface area (Å²) in [6, 6.07) is 8.73. The molecule has 0 aliphatic heterocycles. The van der Waals surface area contributed by atoms with Gasteiger partial charge < -0.3 is 16.2 Å². The summed E-state index contributed by atoms with van der Waals surface area (Å²) in [6.45, 7) is 0. The number of fused-ring (bicyclic) bond motifs is 1. The van der Waals surface area contributed by atoms with Crippen LogP contribution >= 0.6 is 11.3 Å². The van der Waals surface area contributed by atoms with Gasteiger partial charge in [0.1, 0.15) is 5.75 Å². The summed E-state index contributed by atoms with van der Waals surface area (Å²) in [4.78, 5) is 0.506. The highest BCUT2D eigenvalue weighted by Crippen LogP contribution is 2.27. The van der Waals surface area contributed by atoms with Crippen molar-refractivity contribution in [1.82, 2.24) is 19.8 Å². The Morgan fingerprint density at radius 1 is 1.19 bits per heavy atom. The lowest BCUT2D eigenvalue weighted by atomic mass is 10.1. The maximum atomic E-state index is 13.8. The molecule has 7 nitrogen and oxygen atoms in total. The Kier molecular flexibility index (Phi) is 3.88. The molecule has 132 valence electrons. The molecule has 2 heterocycles. The van der Waals surface area contributed by atoms with E-state index in [9.17, 15) is 13.9 Å². The molecular formula is C16H12F2N6OS. The van der Waals surface area contributed by atoms with Crippen LogP contribution < -0.4 is 11.1 Å². The van der Waals surface area contributed by atoms with E-state index >= 15 is 0 Å². The molecule has 4 N–H and O–H groups in total. The first kappa shape index (κ1) is 16.2. The molecule has 0 spiro atoms. The number of rotatable bonds is 4. The SMILES string of the molecule is Nc1cc(Cc2nnc3sc(Nc4cccc(F)c4F)nn23)ccc1O. The molecular weight excluding hydrogens is 362 g/mol. The second kappa shape index (κ2) is 6.23. The number of anilines is 3. The molecule has 4 rings (SSSR count). The number of aromatic nitrogens is 4. The highest BCUT2D eigenvalue weighted by Gasteiger charge is 2.15. The van der Waals surface area contributed by atoms with E-state index in [1.54, 1.807) is 12.1 Å². The van der Waals surface area contributed by atoms with Crippen LogP contribution in [0.2, 0.25) is 0 Å². The monoisotopic (exact) mass is 374 g/mol. The molecule has 0 fully saturated rings. The Balaban J connectivity index is 1.62. The molecule has 0 aliphatic carbocycles. The lowest BCUT2D eigenvalue weighted by Crippen LogP contribution is -2.00. The maximum absolute atomic E-state index is 13.8. The van der Waals surface area contributed by atoms with Gasteiger partial charge in [-0.05, 0) is 29.8 Å². The first-order valence-electron chi connectivity index (χ1n) is 7.51. The van der Waals surface area contributed by atoms with Crippen molar-refractivity contribution >= 4 is 32.8 Å². The molecule has 0 saturated heterocycles. The van der Waals surface area contributed by atoms with Crippen molar-refractivity contribution in [1.29, 1.82) is 0 Å². The fourth-order valence-electron chi connectivity index (χ4n) is 2.43. The van der Waals surface area contributed by atoms with Crippen LogP contribution in [0, 0.1) is 11.6 Å². The highest BCUT2D eigenvalue weighted by atomic mass is 32.1. The molecule has 0 radical (unpaired) electrons. The second-order valence-electron chi connectivity index (χ2n) is 5.51. The fourth-order valence-corrected chi connectivity index (χ4v) is 3.20. The Morgan fingerprint density at radius 3 is 2.85 bits per heavy atom. The van der Waals surface area contributed by atoms with E-state index in [2.05, 4.69) is 20.6 Å². The molecule has 0 unspecified atom stereocenters. The lowest BCUT2D eigenvalue weighted by molar-refractivity contribution is 0.478. The van der Waals surface area contributed by atoms with Crippen LogP contribution in [0.3, 0.4) is 0 Å². The smallest absolute Gasteiger partial charge is 0.236 e. The quantitative estimate of drug-likeness (QED) is 0.375. The zero-order valence-electron chi connectivity index (χ0n) is 13.1. The van der Waals surface area contributed by atoms with Crippen molar-refractivity contribution in [2.24, 2.45) is 0 Å². The third kappa shape index (κ3) is 2.90. The van der Waals surface area contributed by atoms with Crippen molar-refractivity contribution in [2.45, 2.75) is 6.42 Å². The topological polar surface area (TPSA) is 101 Å². The predicted molar refractivity (Wildman–Crippen MR) is 93.6 cm³/mol. The highest BCUT2D eigenvalue weighted by molar-refractivity contribution is 7.20. The van der Waals surface area contributed by atoms with Gasteiger partial charge >= 0.3 is 0 Å². The van der Waals surface area contributed by atoms with E-state index in [1.807, 2.05) is 0 Å². The molecule has 4 aromatic rings. The molecule has 26 heavy (non-hydrogen) atoms. The van der Waals surface area contributed by atoms with E-state index in [4.69, 9.17) is 5.73 Å². The van der Waals surface area contributed by atoms with Gasteiger partial charge in [-0.3, -0.25) is 0 Å². The van der Waals surface area contributed by atoms with Crippen LogP contribution in [0.25, 0.3) is 4.96 Å². The van der Waals surface area contributed by atoms with Gasteiger partial charge in [0.2, 0.25) is 10.1 Å². The number of phenolic OH excluding ortho intramolecular Hbond substituents is 1. The minimum atomic E-state index is -0.974. The zero-order chi connectivity index (χ0) is 18.3. The largest absolute Gasteiger partial charge is 0.506 e. The number of nitrogen functional groups attached to an aromatic ring is 1. The number of nitrogens with two attached hydrogens (primary N) is 1. The number of aromatic hydroxyl groups is 1. The minimum absolute atomic E-state index is 0.0113. The lowest BCUT2D eigenvalue weighted by Gasteiger charge is -2.04. The number of halogens is 2. The normalized spacial score (nSPS) is 11.2. The van der Waals surface area contributed by atoms with Crippen molar-refractivity contribution < 1.29 is 13.9 Å². The van der Waals surface area contributed by atoms with Crippen molar-refractivity contribution in [3.8, 4) is 5.75 Å². The Morgan fingerprint density at radius 2 is 2.04 bits per heavy atom. The Bertz CT molecular complexity index is 1110. The second-order valence-corrected chi connectivity index (χ2v) is 6.47. The van der Waals surface area contributed by atoms with E-state index in [0.29, 0.717) is 22.3 Å². The predicted octanol–water partition coefficient (Wildman–Crippen LogP) is 3.09. The fraction of sp³-hybridized carbons (Fsp3) is 0.0625. The minimum Gasteiger partial charge on any atom is -0.506 e. The first-order valence-corrected chi connectivity index (χ1v) is 8.32. The van der Waals surface area contributed by atoms with Crippen LogP contribution in [0.4, 0.5) is 25.3 Å². The summed E-state index contributed by atoms with van der Waals surface area (Å²) in [5.74, 6) is -1.35. The van der Waals surface area contributed by atoms with Crippen molar-refractivity contribution in [3.63, 3.8) is 0 Å². The van der Waals surface area contributed by atoms with Crippen molar-refractivity contribution in [3.05, 3.63) is 59.4 Å². The van der Waals surface area contributed by atoms with Gasteiger partial charge in [-0.1, -0.05) is 23.5 Å². The van der Waals surface area contributed by atoms with E-state index < -0.39 is 11.6 Å². The number of nitrogens with zero attached hydrogens (tertiary/aromatic N) is 4. The number of hydrogen-bond acceptors (Lipinski definition) is 7. The van der Waals surface area contributed by atoms with Crippen LogP contribution in [-0.4, -0.2) is 24.9 Å². The van der Waals surface area contributed by atoms with Gasteiger partial charge in [0, 0.05) is 6.42 Å². The number of benzene rings is 2. The summed E-state index contributed by atoms with van der Waals surface area (Å²) < 4.78 is 28.6. The molecule has 0 atom stereocenters. The third-order valence-corrected chi connectivity index (χ3v) is 4.52. The number of hydrogen-bond donors (Lipinski definition) is 3. The van der Waals surface area contributed by atoms with Crippen LogP contribution in [-0.2, 0) is 6.42 Å². The summed E-state index contributed by atoms with van der Waals surface area (Å²) in [6.07, 6.45) is 0.392. The summed E-state index contributed by atoms with van der Waals surface area (Å²) in [5, 5.41) is 25.0. The number of nitrogens with one attached hydrogen (secondary N) is 1. The molecule has 0 amide bonds. The van der Waals surface area contributed by atoms with E-state index in [1.165, 1.54) is 22.7 Å². The number of phenols is 1. The molecule has 0 bridgehead atoms. The maximum Gasteiger partial charge on any atom is 0.236 e. The van der Waals surface area contributed by atoms with E-state index in [-0.39, 0.29) is 17.1 Å². The van der Waals surface area contributed by atoms with Crippen molar-refractivity contribution in [2.75, 3.05) is 11.1 Å². The van der Waals surface area contributed by atoms with Gasteiger partial charge in [0.05, 0.1) is 11.4 Å². The molecule has 10 heteroatoms. The standard InChI is InChI=1S/C16H12F2N6OS/c17-9-2-1-3-11(14(9)18)20-15-23-24-13(21-22-16(24)26-15)7-8-4-5-12(25)10(19)6-8/h1-6,25H,7,19H2,(H,20,23). The van der Waals surface area contributed by atoms with Gasteiger partial charge in [-0.25, -0.2) is 8.78 Å². The summed E-state index contributed by atoms with van der Waals surface area (Å²) >= 11 is 1.16. The average Bonchev–Trinajstić information content (AvgIpc) is 3.17. The first-order chi connectivity index (χ1) is 12.5. The van der Waals surface area contributed by atoms with E-state index in [0.717, 1.165) is 23.0 Å².